The number of hydrogen-bond acceptors (Lipinski definition) is 6. The van der Waals surface area contributed by atoms with Crippen LogP contribution in [0.4, 0.5) is 5.69 Å². The number of para-hydroxylation sites is 1. The van der Waals surface area contributed by atoms with Gasteiger partial charge < -0.3 is 9.73 Å². The average Bonchev–Trinajstić information content (AvgIpc) is 2.98. The normalized spacial score (nSPS) is 11.2. The molecule has 1 amide bonds. The van der Waals surface area contributed by atoms with Gasteiger partial charge in [-0.2, -0.15) is 0 Å². The van der Waals surface area contributed by atoms with Crippen LogP contribution in [0.3, 0.4) is 0 Å². The fourth-order valence-electron chi connectivity index (χ4n) is 2.73. The lowest BCUT2D eigenvalue weighted by atomic mass is 10.2. The first-order valence-corrected chi connectivity index (χ1v) is 8.65. The van der Waals surface area contributed by atoms with E-state index in [4.69, 9.17) is 4.42 Å². The van der Waals surface area contributed by atoms with Gasteiger partial charge >= 0.3 is 5.63 Å². The second-order valence-electron chi connectivity index (χ2n) is 5.81. The van der Waals surface area contributed by atoms with E-state index in [2.05, 4.69) is 10.3 Å². The number of fused-ring (bicyclic) bond motifs is 2. The molecule has 0 unspecified atom stereocenters. The minimum Gasteiger partial charge on any atom is -0.422 e. The highest BCUT2D eigenvalue weighted by Gasteiger charge is 2.19. The Labute approximate surface area is 150 Å². The number of benzene rings is 1. The first kappa shape index (κ1) is 16.2. The SMILES string of the molecule is Cc1nc2scc(C)n2c(=O)c1NC(=O)c1cc2ccccc2oc1=O. The Bertz CT molecular complexity index is 1300. The Kier molecular flexibility index (Phi) is 3.69. The molecule has 1 N–H and O–H groups in total. The third kappa shape index (κ3) is 2.51. The molecule has 0 bridgehead atoms. The summed E-state index contributed by atoms with van der Waals surface area (Å²) in [5, 5.41) is 4.95. The van der Waals surface area contributed by atoms with Crippen LogP contribution in [0.5, 0.6) is 0 Å². The molecule has 3 heterocycles. The first-order chi connectivity index (χ1) is 12.5. The molecule has 3 aromatic heterocycles. The van der Waals surface area contributed by atoms with Crippen molar-refractivity contribution in [2.75, 3.05) is 5.32 Å². The standard InChI is InChI=1S/C18H13N3O4S/c1-9-8-26-18-19-10(2)14(16(23)21(9)18)20-15(22)12-7-11-5-3-4-6-13(11)25-17(12)24/h3-8H,1-2H3,(H,20,22). The van der Waals surface area contributed by atoms with Gasteiger partial charge in [0.25, 0.3) is 11.5 Å². The van der Waals surface area contributed by atoms with Crippen LogP contribution in [-0.2, 0) is 0 Å². The molecule has 26 heavy (non-hydrogen) atoms. The first-order valence-electron chi connectivity index (χ1n) is 7.77. The van der Waals surface area contributed by atoms with Crippen molar-refractivity contribution >= 4 is 38.9 Å². The zero-order chi connectivity index (χ0) is 18.4. The highest BCUT2D eigenvalue weighted by molar-refractivity contribution is 7.15. The molecule has 0 saturated heterocycles. The van der Waals surface area contributed by atoms with Crippen LogP contribution < -0.4 is 16.5 Å². The lowest BCUT2D eigenvalue weighted by Crippen LogP contribution is -2.27. The molecule has 7 nitrogen and oxygen atoms in total. The number of aryl methyl sites for hydroxylation is 2. The van der Waals surface area contributed by atoms with E-state index in [-0.39, 0.29) is 16.8 Å². The summed E-state index contributed by atoms with van der Waals surface area (Å²) >= 11 is 1.34. The third-order valence-electron chi connectivity index (χ3n) is 4.05. The predicted molar refractivity (Wildman–Crippen MR) is 99.3 cm³/mol. The number of aromatic nitrogens is 2. The minimum atomic E-state index is -0.764. The number of rotatable bonds is 2. The van der Waals surface area contributed by atoms with Crippen LogP contribution in [0.1, 0.15) is 21.7 Å². The summed E-state index contributed by atoms with van der Waals surface area (Å²) in [6.07, 6.45) is 0. The number of amides is 1. The van der Waals surface area contributed by atoms with Crippen molar-refractivity contribution < 1.29 is 9.21 Å². The zero-order valence-corrected chi connectivity index (χ0v) is 14.7. The van der Waals surface area contributed by atoms with E-state index in [1.807, 2.05) is 5.38 Å². The summed E-state index contributed by atoms with van der Waals surface area (Å²) in [6.45, 7) is 3.42. The maximum absolute atomic E-state index is 12.7. The van der Waals surface area contributed by atoms with Gasteiger partial charge in [-0.25, -0.2) is 9.78 Å². The van der Waals surface area contributed by atoms with E-state index >= 15 is 0 Å². The lowest BCUT2D eigenvalue weighted by Gasteiger charge is -2.08. The van der Waals surface area contributed by atoms with Crippen LogP contribution in [0.15, 0.2) is 49.7 Å². The Morgan fingerprint density at radius 3 is 2.81 bits per heavy atom. The van der Waals surface area contributed by atoms with Crippen molar-refractivity contribution in [2.24, 2.45) is 0 Å². The van der Waals surface area contributed by atoms with Gasteiger partial charge in [0.1, 0.15) is 16.8 Å². The second-order valence-corrected chi connectivity index (χ2v) is 6.65. The van der Waals surface area contributed by atoms with Crippen molar-refractivity contribution in [3.8, 4) is 0 Å². The summed E-state index contributed by atoms with van der Waals surface area (Å²) in [4.78, 5) is 42.3. The van der Waals surface area contributed by atoms with Crippen LogP contribution in [0.2, 0.25) is 0 Å². The molecule has 130 valence electrons. The molecule has 0 radical (unpaired) electrons. The quantitative estimate of drug-likeness (QED) is 0.550. The van der Waals surface area contributed by atoms with Crippen LogP contribution >= 0.6 is 11.3 Å². The number of hydrogen-bond donors (Lipinski definition) is 1. The van der Waals surface area contributed by atoms with Crippen LogP contribution in [-0.4, -0.2) is 15.3 Å². The highest BCUT2D eigenvalue weighted by atomic mass is 32.1. The number of carbonyl (C=O) groups excluding carboxylic acids is 1. The van der Waals surface area contributed by atoms with Crippen molar-refractivity contribution in [3.63, 3.8) is 0 Å². The van der Waals surface area contributed by atoms with Crippen LogP contribution in [0, 0.1) is 13.8 Å². The molecule has 0 atom stereocenters. The monoisotopic (exact) mass is 367 g/mol. The van der Waals surface area contributed by atoms with E-state index in [1.165, 1.54) is 21.8 Å². The summed E-state index contributed by atoms with van der Waals surface area (Å²) in [5.74, 6) is -0.709. The molecular formula is C18H13N3O4S. The third-order valence-corrected chi connectivity index (χ3v) is 4.99. The summed E-state index contributed by atoms with van der Waals surface area (Å²) < 4.78 is 6.60. The molecule has 0 aliphatic heterocycles. The molecule has 0 aliphatic carbocycles. The summed E-state index contributed by atoms with van der Waals surface area (Å²) in [7, 11) is 0. The maximum atomic E-state index is 12.7. The number of nitrogens with one attached hydrogen (secondary N) is 1. The highest BCUT2D eigenvalue weighted by Crippen LogP contribution is 2.17. The number of nitrogens with zero attached hydrogens (tertiary/aromatic N) is 2. The van der Waals surface area contributed by atoms with Gasteiger partial charge in [0, 0.05) is 16.5 Å². The largest absolute Gasteiger partial charge is 0.422 e. The zero-order valence-electron chi connectivity index (χ0n) is 13.9. The molecule has 4 rings (SSSR count). The topological polar surface area (TPSA) is 93.7 Å². The van der Waals surface area contributed by atoms with E-state index in [9.17, 15) is 14.4 Å². The van der Waals surface area contributed by atoms with E-state index < -0.39 is 11.5 Å². The Balaban J connectivity index is 1.81. The number of anilines is 1. The van der Waals surface area contributed by atoms with E-state index in [0.717, 1.165) is 5.69 Å². The molecule has 0 fully saturated rings. The Hall–Kier alpha value is -3.26. The Morgan fingerprint density at radius 1 is 1.23 bits per heavy atom. The minimum absolute atomic E-state index is 0.0431. The molecule has 8 heteroatoms. The molecule has 0 aliphatic rings. The van der Waals surface area contributed by atoms with E-state index in [0.29, 0.717) is 21.6 Å². The fraction of sp³-hybridized carbons (Fsp3) is 0.111. The van der Waals surface area contributed by atoms with E-state index in [1.54, 1.807) is 38.1 Å². The molecular weight excluding hydrogens is 354 g/mol. The van der Waals surface area contributed by atoms with Crippen molar-refractivity contribution in [3.05, 3.63) is 73.4 Å². The maximum Gasteiger partial charge on any atom is 0.349 e. The van der Waals surface area contributed by atoms with Gasteiger partial charge in [-0.1, -0.05) is 18.2 Å². The van der Waals surface area contributed by atoms with Gasteiger partial charge in [-0.3, -0.25) is 14.0 Å². The summed E-state index contributed by atoms with van der Waals surface area (Å²) in [5.41, 5.74) is 0.224. The molecule has 0 saturated carbocycles. The van der Waals surface area contributed by atoms with Crippen molar-refractivity contribution in [1.82, 2.24) is 9.38 Å². The van der Waals surface area contributed by atoms with Crippen LogP contribution in [0.25, 0.3) is 15.9 Å². The van der Waals surface area contributed by atoms with Gasteiger partial charge in [0.05, 0.1) is 5.69 Å². The fourth-order valence-corrected chi connectivity index (χ4v) is 3.63. The smallest absolute Gasteiger partial charge is 0.349 e. The van der Waals surface area contributed by atoms with Crippen molar-refractivity contribution in [1.29, 1.82) is 0 Å². The lowest BCUT2D eigenvalue weighted by molar-refractivity contribution is 0.102. The predicted octanol–water partition coefficient (Wildman–Crippen LogP) is 2.73. The molecule has 4 aromatic rings. The summed E-state index contributed by atoms with van der Waals surface area (Å²) in [6, 6.07) is 8.34. The molecule has 0 spiro atoms. The molecule has 1 aromatic carbocycles. The Morgan fingerprint density at radius 2 is 2.00 bits per heavy atom. The van der Waals surface area contributed by atoms with Gasteiger partial charge in [-0.05, 0) is 26.0 Å². The number of carbonyl (C=O) groups is 1. The average molecular weight is 367 g/mol. The van der Waals surface area contributed by atoms with Gasteiger partial charge in [0.2, 0.25) is 0 Å². The van der Waals surface area contributed by atoms with Gasteiger partial charge in [-0.15, -0.1) is 11.3 Å². The second kappa shape index (κ2) is 5.92. The van der Waals surface area contributed by atoms with Crippen molar-refractivity contribution in [2.45, 2.75) is 13.8 Å². The number of thiazole rings is 1. The van der Waals surface area contributed by atoms with Gasteiger partial charge in [0.15, 0.2) is 4.96 Å².